The van der Waals surface area contributed by atoms with Crippen molar-refractivity contribution < 1.29 is 4.74 Å². The molecule has 2 unspecified atom stereocenters. The Morgan fingerprint density at radius 1 is 1.28 bits per heavy atom. The highest BCUT2D eigenvalue weighted by atomic mass is 79.9. The van der Waals surface area contributed by atoms with Gasteiger partial charge in [-0.3, -0.25) is 0 Å². The third-order valence-electron chi connectivity index (χ3n) is 2.68. The maximum absolute atomic E-state index is 6.00. The second-order valence-electron chi connectivity index (χ2n) is 4.20. The Bertz CT molecular complexity index is 484. The first-order valence-corrected chi connectivity index (χ1v) is 7.49. The van der Waals surface area contributed by atoms with E-state index >= 15 is 0 Å². The van der Waals surface area contributed by atoms with Gasteiger partial charge in [-0.1, -0.05) is 40.2 Å². The van der Waals surface area contributed by atoms with Gasteiger partial charge in [-0.05, 0) is 30.0 Å². The van der Waals surface area contributed by atoms with E-state index in [0.29, 0.717) is 6.61 Å². The van der Waals surface area contributed by atoms with Crippen molar-refractivity contribution in [3.05, 3.63) is 56.7 Å². The van der Waals surface area contributed by atoms with Crippen LogP contribution in [-0.2, 0) is 11.3 Å². The summed E-state index contributed by atoms with van der Waals surface area (Å²) in [7, 11) is 0. The molecule has 0 spiro atoms. The summed E-state index contributed by atoms with van der Waals surface area (Å²) >= 11 is 5.21. The molecule has 0 saturated carbocycles. The van der Waals surface area contributed by atoms with Gasteiger partial charge in [0.15, 0.2) is 0 Å². The van der Waals surface area contributed by atoms with Crippen LogP contribution in [0.2, 0.25) is 0 Å². The maximum Gasteiger partial charge on any atom is 0.107 e. The molecule has 1 aromatic heterocycles. The molecular formula is C14H16BrNOS. The number of benzene rings is 1. The highest BCUT2D eigenvalue weighted by Gasteiger charge is 2.18. The zero-order valence-corrected chi connectivity index (χ0v) is 12.6. The van der Waals surface area contributed by atoms with Gasteiger partial charge in [-0.2, -0.15) is 0 Å². The average Bonchev–Trinajstić information content (AvgIpc) is 2.85. The molecule has 96 valence electrons. The van der Waals surface area contributed by atoms with Crippen LogP contribution in [0.5, 0.6) is 0 Å². The quantitative estimate of drug-likeness (QED) is 0.897. The highest BCUT2D eigenvalue weighted by molar-refractivity contribution is 9.10. The normalized spacial score (nSPS) is 14.4. The van der Waals surface area contributed by atoms with E-state index in [1.165, 1.54) is 4.88 Å². The Morgan fingerprint density at radius 3 is 2.67 bits per heavy atom. The van der Waals surface area contributed by atoms with Crippen molar-refractivity contribution in [3.63, 3.8) is 0 Å². The maximum atomic E-state index is 6.00. The molecule has 0 aliphatic heterocycles. The summed E-state index contributed by atoms with van der Waals surface area (Å²) in [5.41, 5.74) is 7.14. The predicted molar refractivity (Wildman–Crippen MR) is 79.6 cm³/mol. The smallest absolute Gasteiger partial charge is 0.107 e. The van der Waals surface area contributed by atoms with Crippen molar-refractivity contribution in [2.75, 3.05) is 0 Å². The van der Waals surface area contributed by atoms with Crippen molar-refractivity contribution in [1.82, 2.24) is 0 Å². The molecule has 2 N–H and O–H groups in total. The molecule has 0 bridgehead atoms. The fraction of sp³-hybridized carbons (Fsp3) is 0.286. The SMILES string of the molecule is CC(N)C(OCc1ccccc1Br)c1cccs1. The Balaban J connectivity index is 2.05. The molecule has 0 aliphatic carbocycles. The van der Waals surface area contributed by atoms with Gasteiger partial charge in [0.05, 0.1) is 6.61 Å². The van der Waals surface area contributed by atoms with Crippen LogP contribution in [0, 0.1) is 0 Å². The monoisotopic (exact) mass is 325 g/mol. The minimum Gasteiger partial charge on any atom is -0.366 e. The van der Waals surface area contributed by atoms with E-state index in [9.17, 15) is 0 Å². The van der Waals surface area contributed by atoms with E-state index in [-0.39, 0.29) is 12.1 Å². The largest absolute Gasteiger partial charge is 0.366 e. The van der Waals surface area contributed by atoms with Crippen molar-refractivity contribution >= 4 is 27.3 Å². The van der Waals surface area contributed by atoms with E-state index in [1.807, 2.05) is 36.6 Å². The van der Waals surface area contributed by atoms with Crippen LogP contribution in [0.1, 0.15) is 23.5 Å². The van der Waals surface area contributed by atoms with Crippen LogP contribution in [-0.4, -0.2) is 6.04 Å². The molecule has 18 heavy (non-hydrogen) atoms. The van der Waals surface area contributed by atoms with Crippen LogP contribution < -0.4 is 5.73 Å². The zero-order chi connectivity index (χ0) is 13.0. The Morgan fingerprint density at radius 2 is 2.06 bits per heavy atom. The van der Waals surface area contributed by atoms with Crippen LogP contribution in [0.3, 0.4) is 0 Å². The molecule has 4 heteroatoms. The van der Waals surface area contributed by atoms with Gasteiger partial charge in [0, 0.05) is 15.4 Å². The third kappa shape index (κ3) is 3.42. The second-order valence-corrected chi connectivity index (χ2v) is 6.03. The van der Waals surface area contributed by atoms with Crippen LogP contribution in [0.15, 0.2) is 46.3 Å². The topological polar surface area (TPSA) is 35.2 Å². The molecule has 0 aliphatic rings. The molecule has 2 atom stereocenters. The molecule has 1 aromatic carbocycles. The number of rotatable bonds is 5. The summed E-state index contributed by atoms with van der Waals surface area (Å²) in [6, 6.07) is 12.1. The fourth-order valence-corrected chi connectivity index (χ4v) is 3.03. The van der Waals surface area contributed by atoms with Crippen molar-refractivity contribution in [3.8, 4) is 0 Å². The summed E-state index contributed by atoms with van der Waals surface area (Å²) in [5.74, 6) is 0. The van der Waals surface area contributed by atoms with Gasteiger partial charge >= 0.3 is 0 Å². The summed E-state index contributed by atoms with van der Waals surface area (Å²) in [4.78, 5) is 1.18. The highest BCUT2D eigenvalue weighted by Crippen LogP contribution is 2.27. The lowest BCUT2D eigenvalue weighted by molar-refractivity contribution is 0.0280. The van der Waals surface area contributed by atoms with Gasteiger partial charge in [-0.25, -0.2) is 0 Å². The molecule has 0 amide bonds. The standard InChI is InChI=1S/C14H16BrNOS/c1-10(16)14(13-7-4-8-18-13)17-9-11-5-2-3-6-12(11)15/h2-8,10,14H,9,16H2,1H3. The molecule has 2 aromatic rings. The molecule has 2 rings (SSSR count). The van der Waals surface area contributed by atoms with E-state index in [2.05, 4.69) is 28.1 Å². The first kappa shape index (κ1) is 13.7. The van der Waals surface area contributed by atoms with E-state index in [1.54, 1.807) is 11.3 Å². The lowest BCUT2D eigenvalue weighted by atomic mass is 10.1. The number of nitrogens with two attached hydrogens (primary N) is 1. The van der Waals surface area contributed by atoms with Crippen LogP contribution in [0.25, 0.3) is 0 Å². The number of halogens is 1. The van der Waals surface area contributed by atoms with Gasteiger partial charge in [0.1, 0.15) is 6.10 Å². The summed E-state index contributed by atoms with van der Waals surface area (Å²) in [5, 5.41) is 2.05. The minimum atomic E-state index is -0.0443. The van der Waals surface area contributed by atoms with Gasteiger partial charge in [0.2, 0.25) is 0 Å². The number of hydrogen-bond donors (Lipinski definition) is 1. The van der Waals surface area contributed by atoms with E-state index in [0.717, 1.165) is 10.0 Å². The van der Waals surface area contributed by atoms with Crippen LogP contribution in [0.4, 0.5) is 0 Å². The van der Waals surface area contributed by atoms with E-state index in [4.69, 9.17) is 10.5 Å². The Labute approximate surface area is 120 Å². The predicted octanol–water partition coefficient (Wildman–Crippen LogP) is 4.12. The van der Waals surface area contributed by atoms with Gasteiger partial charge in [-0.15, -0.1) is 11.3 Å². The van der Waals surface area contributed by atoms with Gasteiger partial charge in [0.25, 0.3) is 0 Å². The minimum absolute atomic E-state index is 0.0221. The Kier molecular flexibility index (Phi) is 4.95. The summed E-state index contributed by atoms with van der Waals surface area (Å²) < 4.78 is 7.04. The van der Waals surface area contributed by atoms with Crippen molar-refractivity contribution in [2.45, 2.75) is 25.7 Å². The lowest BCUT2D eigenvalue weighted by Crippen LogP contribution is -2.26. The number of hydrogen-bond acceptors (Lipinski definition) is 3. The lowest BCUT2D eigenvalue weighted by Gasteiger charge is -2.20. The molecule has 0 saturated heterocycles. The van der Waals surface area contributed by atoms with E-state index < -0.39 is 0 Å². The molecule has 2 nitrogen and oxygen atoms in total. The molecular weight excluding hydrogens is 310 g/mol. The van der Waals surface area contributed by atoms with Gasteiger partial charge < -0.3 is 10.5 Å². The average molecular weight is 326 g/mol. The molecule has 0 radical (unpaired) electrons. The number of ether oxygens (including phenoxy) is 1. The third-order valence-corrected chi connectivity index (χ3v) is 4.38. The number of thiophene rings is 1. The van der Waals surface area contributed by atoms with Crippen molar-refractivity contribution in [1.29, 1.82) is 0 Å². The molecule has 0 fully saturated rings. The van der Waals surface area contributed by atoms with Crippen LogP contribution >= 0.6 is 27.3 Å². The zero-order valence-electron chi connectivity index (χ0n) is 10.2. The second kappa shape index (κ2) is 6.48. The summed E-state index contributed by atoms with van der Waals surface area (Å²) in [6.45, 7) is 2.54. The molecule has 1 heterocycles. The Hall–Kier alpha value is -0.680. The fourth-order valence-electron chi connectivity index (χ4n) is 1.74. The van der Waals surface area contributed by atoms with Crippen molar-refractivity contribution in [2.24, 2.45) is 5.73 Å². The first-order valence-electron chi connectivity index (χ1n) is 5.82. The first-order chi connectivity index (χ1) is 8.68. The summed E-state index contributed by atoms with van der Waals surface area (Å²) in [6.07, 6.45) is -0.0443.